The molecule has 0 aliphatic carbocycles. The maximum atomic E-state index is 13.7. The number of nitrogens with zero attached hydrogens (tertiary/aromatic N) is 1. The van der Waals surface area contributed by atoms with E-state index in [2.05, 4.69) is 23.6 Å². The molecule has 6 nitrogen and oxygen atoms in total. The summed E-state index contributed by atoms with van der Waals surface area (Å²) in [7, 11) is 0. The van der Waals surface area contributed by atoms with Gasteiger partial charge in [-0.15, -0.1) is 0 Å². The summed E-state index contributed by atoms with van der Waals surface area (Å²) in [6.07, 6.45) is 2.07. The number of hydrogen-bond donors (Lipinski definition) is 2. The van der Waals surface area contributed by atoms with Crippen LogP contribution in [0.2, 0.25) is 0 Å². The molecule has 3 aromatic rings. The Bertz CT molecular complexity index is 1270. The van der Waals surface area contributed by atoms with Gasteiger partial charge in [-0.05, 0) is 72.7 Å². The van der Waals surface area contributed by atoms with Gasteiger partial charge < -0.3 is 15.4 Å². The van der Waals surface area contributed by atoms with Crippen LogP contribution in [0.15, 0.2) is 66.7 Å². The SMILES string of the molecule is CCc1ccc2c(c1)C(NCC[C@H](Cc1cc(F)cc(F)c1)NC(C)=O)CCN2C(=O)OCc1ccccc1. The van der Waals surface area contributed by atoms with Crippen molar-refractivity contribution in [2.24, 2.45) is 0 Å². The van der Waals surface area contributed by atoms with Gasteiger partial charge in [0.15, 0.2) is 0 Å². The first-order chi connectivity index (χ1) is 18.8. The van der Waals surface area contributed by atoms with Crippen molar-refractivity contribution >= 4 is 17.7 Å². The summed E-state index contributed by atoms with van der Waals surface area (Å²) in [4.78, 5) is 26.5. The second-order valence-corrected chi connectivity index (χ2v) is 9.90. The standard InChI is InChI=1S/C31H35F2N3O3/c1-3-22-9-10-30-28(18-22)29(12-14-36(30)31(38)39-20-23-7-5-4-6-8-23)34-13-11-27(35-21(2)37)17-24-15-25(32)19-26(33)16-24/h4-10,15-16,18-19,27,29,34H,3,11-14,17,20H2,1-2H3,(H,35,37)/t27-,29?/m1/s1. The Morgan fingerprint density at radius 1 is 1.00 bits per heavy atom. The highest BCUT2D eigenvalue weighted by atomic mass is 19.1. The van der Waals surface area contributed by atoms with Crippen LogP contribution < -0.4 is 15.5 Å². The van der Waals surface area contributed by atoms with E-state index in [-0.39, 0.29) is 30.7 Å². The minimum atomic E-state index is -0.637. The lowest BCUT2D eigenvalue weighted by Crippen LogP contribution is -2.41. The van der Waals surface area contributed by atoms with Crippen LogP contribution in [-0.4, -0.2) is 31.1 Å². The number of ether oxygens (including phenoxy) is 1. The molecular formula is C31H35F2N3O3. The Morgan fingerprint density at radius 2 is 1.74 bits per heavy atom. The van der Waals surface area contributed by atoms with Gasteiger partial charge in [0, 0.05) is 31.6 Å². The largest absolute Gasteiger partial charge is 0.444 e. The maximum absolute atomic E-state index is 13.7. The van der Waals surface area contributed by atoms with Gasteiger partial charge >= 0.3 is 6.09 Å². The Balaban J connectivity index is 1.42. The van der Waals surface area contributed by atoms with E-state index in [1.165, 1.54) is 24.6 Å². The smallest absolute Gasteiger partial charge is 0.414 e. The highest BCUT2D eigenvalue weighted by molar-refractivity contribution is 5.89. The van der Waals surface area contributed by atoms with Crippen molar-refractivity contribution in [3.8, 4) is 0 Å². The van der Waals surface area contributed by atoms with E-state index >= 15 is 0 Å². The number of fused-ring (bicyclic) bond motifs is 1. The van der Waals surface area contributed by atoms with Gasteiger partial charge in [0.25, 0.3) is 0 Å². The first kappa shape index (κ1) is 28.2. The molecule has 1 unspecified atom stereocenters. The van der Waals surface area contributed by atoms with E-state index in [9.17, 15) is 18.4 Å². The van der Waals surface area contributed by atoms with Gasteiger partial charge in [-0.3, -0.25) is 9.69 Å². The topological polar surface area (TPSA) is 70.7 Å². The van der Waals surface area contributed by atoms with Gasteiger partial charge in [-0.1, -0.05) is 49.4 Å². The molecule has 1 aliphatic heterocycles. The molecule has 3 aromatic carbocycles. The summed E-state index contributed by atoms with van der Waals surface area (Å²) in [6.45, 7) is 4.80. The molecule has 0 saturated carbocycles. The maximum Gasteiger partial charge on any atom is 0.414 e. The van der Waals surface area contributed by atoms with Crippen LogP contribution in [0.1, 0.15) is 55.0 Å². The van der Waals surface area contributed by atoms with Crippen LogP contribution in [-0.2, 0) is 29.0 Å². The van der Waals surface area contributed by atoms with E-state index in [1.807, 2.05) is 42.5 Å². The van der Waals surface area contributed by atoms with E-state index in [4.69, 9.17) is 4.74 Å². The van der Waals surface area contributed by atoms with Crippen molar-refractivity contribution in [2.45, 2.75) is 58.2 Å². The van der Waals surface area contributed by atoms with Crippen molar-refractivity contribution in [3.63, 3.8) is 0 Å². The van der Waals surface area contributed by atoms with E-state index in [1.54, 1.807) is 4.90 Å². The molecule has 1 heterocycles. The summed E-state index contributed by atoms with van der Waals surface area (Å²) >= 11 is 0. The molecule has 39 heavy (non-hydrogen) atoms. The third kappa shape index (κ3) is 7.86. The zero-order valence-electron chi connectivity index (χ0n) is 22.4. The molecule has 2 amide bonds. The van der Waals surface area contributed by atoms with Crippen molar-refractivity contribution in [2.75, 3.05) is 18.0 Å². The van der Waals surface area contributed by atoms with E-state index in [0.717, 1.165) is 29.3 Å². The quantitative estimate of drug-likeness (QED) is 0.342. The zero-order chi connectivity index (χ0) is 27.8. The minimum absolute atomic E-state index is 0.00858. The van der Waals surface area contributed by atoms with E-state index in [0.29, 0.717) is 37.9 Å². The molecule has 0 spiro atoms. The number of benzene rings is 3. The number of carbonyl (C=O) groups is 2. The second-order valence-electron chi connectivity index (χ2n) is 9.90. The molecule has 8 heteroatoms. The Kier molecular flexibility index (Phi) is 9.65. The predicted molar refractivity (Wildman–Crippen MR) is 147 cm³/mol. The molecule has 0 fully saturated rings. The Morgan fingerprint density at radius 3 is 2.44 bits per heavy atom. The number of halogens is 2. The van der Waals surface area contributed by atoms with Crippen LogP contribution in [0.5, 0.6) is 0 Å². The molecule has 0 aromatic heterocycles. The van der Waals surface area contributed by atoms with Crippen LogP contribution in [0.25, 0.3) is 0 Å². The summed E-state index contributed by atoms with van der Waals surface area (Å²) in [5.74, 6) is -1.47. The lowest BCUT2D eigenvalue weighted by Gasteiger charge is -2.35. The third-order valence-electron chi connectivity index (χ3n) is 6.93. The van der Waals surface area contributed by atoms with Crippen molar-refractivity contribution in [1.82, 2.24) is 10.6 Å². The zero-order valence-corrected chi connectivity index (χ0v) is 22.4. The molecule has 206 valence electrons. The van der Waals surface area contributed by atoms with E-state index < -0.39 is 11.6 Å². The number of rotatable bonds is 10. The first-order valence-corrected chi connectivity index (χ1v) is 13.4. The molecule has 0 saturated heterocycles. The molecule has 2 atom stereocenters. The predicted octanol–water partition coefficient (Wildman–Crippen LogP) is 5.84. The fraction of sp³-hybridized carbons (Fsp3) is 0.355. The summed E-state index contributed by atoms with van der Waals surface area (Å²) in [6, 6.07) is 18.9. The van der Waals surface area contributed by atoms with Gasteiger partial charge in [-0.2, -0.15) is 0 Å². The van der Waals surface area contributed by atoms with Gasteiger partial charge in [0.1, 0.15) is 18.2 Å². The van der Waals surface area contributed by atoms with Crippen LogP contribution in [0.4, 0.5) is 19.3 Å². The van der Waals surface area contributed by atoms with Crippen molar-refractivity contribution in [1.29, 1.82) is 0 Å². The third-order valence-corrected chi connectivity index (χ3v) is 6.93. The number of aryl methyl sites for hydroxylation is 1. The average molecular weight is 536 g/mol. The fourth-order valence-corrected chi connectivity index (χ4v) is 5.04. The number of carbonyl (C=O) groups excluding carboxylic acids is 2. The van der Waals surface area contributed by atoms with Gasteiger partial charge in [0.05, 0.1) is 5.69 Å². The van der Waals surface area contributed by atoms with Gasteiger partial charge in [-0.25, -0.2) is 13.6 Å². The highest BCUT2D eigenvalue weighted by Crippen LogP contribution is 2.35. The number of nitrogens with one attached hydrogen (secondary N) is 2. The highest BCUT2D eigenvalue weighted by Gasteiger charge is 2.30. The molecule has 0 radical (unpaired) electrons. The molecule has 0 bridgehead atoms. The van der Waals surface area contributed by atoms with Crippen molar-refractivity contribution < 1.29 is 23.1 Å². The lowest BCUT2D eigenvalue weighted by atomic mass is 9.93. The summed E-state index contributed by atoms with van der Waals surface area (Å²) in [5, 5.41) is 6.48. The average Bonchev–Trinajstić information content (AvgIpc) is 2.91. The normalized spacial score (nSPS) is 15.4. The fourth-order valence-electron chi connectivity index (χ4n) is 5.04. The number of amides is 2. The van der Waals surface area contributed by atoms with Crippen LogP contribution in [0.3, 0.4) is 0 Å². The monoisotopic (exact) mass is 535 g/mol. The first-order valence-electron chi connectivity index (χ1n) is 13.4. The van der Waals surface area contributed by atoms with Crippen LogP contribution in [0, 0.1) is 11.6 Å². The lowest BCUT2D eigenvalue weighted by molar-refractivity contribution is -0.119. The summed E-state index contributed by atoms with van der Waals surface area (Å²) < 4.78 is 33.0. The number of hydrogen-bond acceptors (Lipinski definition) is 4. The second kappa shape index (κ2) is 13.3. The molecule has 4 rings (SSSR count). The molecule has 2 N–H and O–H groups in total. The van der Waals surface area contributed by atoms with Gasteiger partial charge in [0.2, 0.25) is 5.91 Å². The van der Waals surface area contributed by atoms with Crippen LogP contribution >= 0.6 is 0 Å². The molecular weight excluding hydrogens is 500 g/mol. The number of anilines is 1. The Labute approximate surface area is 228 Å². The van der Waals surface area contributed by atoms with Crippen molar-refractivity contribution in [3.05, 3.63) is 101 Å². The molecule has 1 aliphatic rings. The summed E-state index contributed by atoms with van der Waals surface area (Å²) in [5.41, 5.74) is 4.44. The minimum Gasteiger partial charge on any atom is -0.444 e. The Hall–Kier alpha value is -3.78.